The Morgan fingerprint density at radius 3 is 2.93 bits per heavy atom. The van der Waals surface area contributed by atoms with Gasteiger partial charge in [0.25, 0.3) is 0 Å². The smallest absolute Gasteiger partial charge is 0.0459 e. The topological polar surface area (TPSA) is 15.3 Å². The Morgan fingerprint density at radius 1 is 1.43 bits per heavy atom. The number of anilines is 1. The molecule has 1 N–H and O–H groups in total. The van der Waals surface area contributed by atoms with Gasteiger partial charge in [-0.1, -0.05) is 17.7 Å². The van der Waals surface area contributed by atoms with Crippen molar-refractivity contribution in [2.75, 3.05) is 26.0 Å². The Balaban J connectivity index is 2.29. The number of hydrogen-bond donors (Lipinski definition) is 1. The summed E-state index contributed by atoms with van der Waals surface area (Å²) in [7, 11) is 4.21. The van der Waals surface area contributed by atoms with Gasteiger partial charge >= 0.3 is 0 Å². The van der Waals surface area contributed by atoms with E-state index in [-0.39, 0.29) is 0 Å². The second-order valence-electron chi connectivity index (χ2n) is 3.97. The second-order valence-corrected chi connectivity index (χ2v) is 4.38. The predicted molar refractivity (Wildman–Crippen MR) is 61.1 cm³/mol. The SMILES string of the molecule is CN(C)C1CNc2cccc(Cl)c2C1. The van der Waals surface area contributed by atoms with Crippen molar-refractivity contribution >= 4 is 17.3 Å². The van der Waals surface area contributed by atoms with Crippen LogP contribution in [0.1, 0.15) is 5.56 Å². The first kappa shape index (κ1) is 9.81. The quantitative estimate of drug-likeness (QED) is 0.765. The fourth-order valence-electron chi connectivity index (χ4n) is 1.83. The fourth-order valence-corrected chi connectivity index (χ4v) is 2.08. The van der Waals surface area contributed by atoms with Crippen LogP contribution in [0.15, 0.2) is 18.2 Å². The van der Waals surface area contributed by atoms with Gasteiger partial charge in [-0.25, -0.2) is 0 Å². The van der Waals surface area contributed by atoms with Crippen molar-refractivity contribution in [3.63, 3.8) is 0 Å². The molecule has 1 heterocycles. The van der Waals surface area contributed by atoms with Crippen LogP contribution in [-0.4, -0.2) is 31.6 Å². The van der Waals surface area contributed by atoms with Gasteiger partial charge in [0.1, 0.15) is 0 Å². The van der Waals surface area contributed by atoms with Gasteiger partial charge in [-0.2, -0.15) is 0 Å². The maximum atomic E-state index is 6.15. The molecule has 1 aromatic carbocycles. The van der Waals surface area contributed by atoms with Gasteiger partial charge < -0.3 is 10.2 Å². The molecule has 0 amide bonds. The third-order valence-electron chi connectivity index (χ3n) is 2.82. The van der Waals surface area contributed by atoms with Crippen molar-refractivity contribution in [2.24, 2.45) is 0 Å². The molecule has 0 aliphatic carbocycles. The van der Waals surface area contributed by atoms with Gasteiger partial charge in [0.2, 0.25) is 0 Å². The molecule has 0 bridgehead atoms. The molecule has 0 spiro atoms. The van der Waals surface area contributed by atoms with E-state index < -0.39 is 0 Å². The molecule has 14 heavy (non-hydrogen) atoms. The highest BCUT2D eigenvalue weighted by molar-refractivity contribution is 6.31. The third kappa shape index (κ3) is 1.72. The number of benzene rings is 1. The zero-order valence-electron chi connectivity index (χ0n) is 8.55. The molecule has 1 aliphatic rings. The number of rotatable bonds is 1. The van der Waals surface area contributed by atoms with E-state index in [1.54, 1.807) is 0 Å². The summed E-state index contributed by atoms with van der Waals surface area (Å²) in [6.45, 7) is 1.00. The average molecular weight is 211 g/mol. The molecule has 0 aromatic heterocycles. The largest absolute Gasteiger partial charge is 0.383 e. The van der Waals surface area contributed by atoms with E-state index in [9.17, 15) is 0 Å². The van der Waals surface area contributed by atoms with Gasteiger partial charge in [0.15, 0.2) is 0 Å². The van der Waals surface area contributed by atoms with Crippen LogP contribution < -0.4 is 5.32 Å². The van der Waals surface area contributed by atoms with Crippen LogP contribution >= 0.6 is 11.6 Å². The number of halogens is 1. The Kier molecular flexibility index (Phi) is 2.66. The summed E-state index contributed by atoms with van der Waals surface area (Å²) >= 11 is 6.15. The standard InChI is InChI=1S/C11H15ClN2/c1-14(2)8-6-9-10(12)4-3-5-11(9)13-7-8/h3-5,8,13H,6-7H2,1-2H3. The maximum Gasteiger partial charge on any atom is 0.0459 e. The molecule has 1 aliphatic heterocycles. The van der Waals surface area contributed by atoms with E-state index in [0.29, 0.717) is 6.04 Å². The summed E-state index contributed by atoms with van der Waals surface area (Å²) in [5, 5.41) is 4.29. The molecule has 0 saturated carbocycles. The van der Waals surface area contributed by atoms with Crippen molar-refractivity contribution in [2.45, 2.75) is 12.5 Å². The molecule has 76 valence electrons. The van der Waals surface area contributed by atoms with Gasteiger partial charge in [-0.15, -0.1) is 0 Å². The van der Waals surface area contributed by atoms with Crippen molar-refractivity contribution < 1.29 is 0 Å². The molecule has 1 atom stereocenters. The van der Waals surface area contributed by atoms with E-state index >= 15 is 0 Å². The molecule has 0 saturated heterocycles. The Bertz CT molecular complexity index is 336. The minimum atomic E-state index is 0.544. The number of fused-ring (bicyclic) bond motifs is 1. The van der Waals surface area contributed by atoms with E-state index in [4.69, 9.17) is 11.6 Å². The van der Waals surface area contributed by atoms with Crippen LogP contribution in [0.4, 0.5) is 5.69 Å². The van der Waals surface area contributed by atoms with Crippen LogP contribution in [-0.2, 0) is 6.42 Å². The van der Waals surface area contributed by atoms with Crippen molar-refractivity contribution in [1.29, 1.82) is 0 Å². The molecule has 0 radical (unpaired) electrons. The molecular formula is C11H15ClN2. The molecule has 1 unspecified atom stereocenters. The first-order valence-corrected chi connectivity index (χ1v) is 5.24. The summed E-state index contributed by atoms with van der Waals surface area (Å²) in [5.74, 6) is 0. The minimum Gasteiger partial charge on any atom is -0.383 e. The number of nitrogens with zero attached hydrogens (tertiary/aromatic N) is 1. The summed E-state index contributed by atoms with van der Waals surface area (Å²) in [6, 6.07) is 6.58. The van der Waals surface area contributed by atoms with Crippen LogP contribution in [0.2, 0.25) is 5.02 Å². The molecule has 2 rings (SSSR count). The summed E-state index contributed by atoms with van der Waals surface area (Å²) in [4.78, 5) is 2.24. The Labute approximate surface area is 89.9 Å². The summed E-state index contributed by atoms with van der Waals surface area (Å²) in [6.07, 6.45) is 1.04. The van der Waals surface area contributed by atoms with E-state index in [1.165, 1.54) is 11.3 Å². The van der Waals surface area contributed by atoms with Crippen molar-refractivity contribution in [1.82, 2.24) is 4.90 Å². The van der Waals surface area contributed by atoms with Crippen LogP contribution in [0.5, 0.6) is 0 Å². The molecule has 3 heteroatoms. The zero-order chi connectivity index (χ0) is 10.1. The second kappa shape index (κ2) is 3.79. The normalized spacial score (nSPS) is 20.4. The average Bonchev–Trinajstić information content (AvgIpc) is 2.18. The predicted octanol–water partition coefficient (Wildman–Crippen LogP) is 2.24. The monoisotopic (exact) mass is 210 g/mol. The Hall–Kier alpha value is -0.730. The highest BCUT2D eigenvalue weighted by atomic mass is 35.5. The lowest BCUT2D eigenvalue weighted by Gasteiger charge is -2.31. The lowest BCUT2D eigenvalue weighted by molar-refractivity contribution is 0.299. The van der Waals surface area contributed by atoms with Crippen LogP contribution in [0.3, 0.4) is 0 Å². The van der Waals surface area contributed by atoms with E-state index in [1.807, 2.05) is 12.1 Å². The first-order valence-electron chi connectivity index (χ1n) is 4.86. The van der Waals surface area contributed by atoms with Gasteiger partial charge in [0.05, 0.1) is 0 Å². The van der Waals surface area contributed by atoms with Crippen molar-refractivity contribution in [3.05, 3.63) is 28.8 Å². The summed E-state index contributed by atoms with van der Waals surface area (Å²) < 4.78 is 0. The van der Waals surface area contributed by atoms with E-state index in [0.717, 1.165) is 18.0 Å². The third-order valence-corrected chi connectivity index (χ3v) is 3.17. The Morgan fingerprint density at radius 2 is 2.21 bits per heavy atom. The highest BCUT2D eigenvalue weighted by Gasteiger charge is 2.21. The van der Waals surface area contributed by atoms with E-state index in [2.05, 4.69) is 30.4 Å². The number of nitrogens with one attached hydrogen (secondary N) is 1. The highest BCUT2D eigenvalue weighted by Crippen LogP contribution is 2.29. The van der Waals surface area contributed by atoms with Gasteiger partial charge in [0, 0.05) is 23.3 Å². The summed E-state index contributed by atoms with van der Waals surface area (Å²) in [5.41, 5.74) is 2.44. The van der Waals surface area contributed by atoms with Gasteiger partial charge in [-0.3, -0.25) is 0 Å². The van der Waals surface area contributed by atoms with Crippen molar-refractivity contribution in [3.8, 4) is 0 Å². The zero-order valence-corrected chi connectivity index (χ0v) is 9.30. The van der Waals surface area contributed by atoms with Crippen LogP contribution in [0, 0.1) is 0 Å². The molecule has 0 fully saturated rings. The lowest BCUT2D eigenvalue weighted by Crippen LogP contribution is -2.39. The lowest BCUT2D eigenvalue weighted by atomic mass is 9.99. The maximum absolute atomic E-state index is 6.15. The van der Waals surface area contributed by atoms with Crippen LogP contribution in [0.25, 0.3) is 0 Å². The fraction of sp³-hybridized carbons (Fsp3) is 0.455. The number of hydrogen-bond acceptors (Lipinski definition) is 2. The van der Waals surface area contributed by atoms with Gasteiger partial charge in [-0.05, 0) is 38.2 Å². The molecule has 2 nitrogen and oxygen atoms in total. The number of likely N-dealkylation sites (N-methyl/N-ethyl adjacent to an activating group) is 1. The minimum absolute atomic E-state index is 0.544. The first-order chi connectivity index (χ1) is 6.68. The molecular weight excluding hydrogens is 196 g/mol. The molecule has 1 aromatic rings.